The summed E-state index contributed by atoms with van der Waals surface area (Å²) in [4.78, 5) is 22.9. The number of nitrogens with zero attached hydrogens (tertiary/aromatic N) is 1. The maximum Gasteiger partial charge on any atom is 0.361 e. The molecule has 0 spiro atoms. The largest absolute Gasteiger partial charge is 0.477 e. The highest BCUT2D eigenvalue weighted by Crippen LogP contribution is 2.09. The average Bonchev–Trinajstić information content (AvgIpc) is 2.69. The van der Waals surface area contributed by atoms with Gasteiger partial charge in [0.2, 0.25) is 0 Å². The molecule has 182 valence electrons. The van der Waals surface area contributed by atoms with Crippen LogP contribution < -0.4 is 0 Å². The molecule has 0 radical (unpaired) electrons. The van der Waals surface area contributed by atoms with Gasteiger partial charge in [-0.3, -0.25) is 4.79 Å². The lowest BCUT2D eigenvalue weighted by atomic mass is 10.1. The van der Waals surface area contributed by atoms with Gasteiger partial charge in [-0.15, -0.1) is 0 Å². The Labute approximate surface area is 187 Å². The molecule has 31 heavy (non-hydrogen) atoms. The highest BCUT2D eigenvalue weighted by molar-refractivity contribution is 5.70. The van der Waals surface area contributed by atoms with Gasteiger partial charge in [0.05, 0.1) is 34.4 Å². The molecule has 8 nitrogen and oxygen atoms in total. The fourth-order valence-corrected chi connectivity index (χ4v) is 2.60. The van der Waals surface area contributed by atoms with Crippen molar-refractivity contribution in [2.75, 3.05) is 47.5 Å². The molecule has 2 atom stereocenters. The first-order valence-electron chi connectivity index (χ1n) is 11.4. The van der Waals surface area contributed by atoms with Gasteiger partial charge in [-0.05, 0) is 25.7 Å². The number of hydrogen-bond acceptors (Lipinski definition) is 6. The van der Waals surface area contributed by atoms with Crippen molar-refractivity contribution in [1.82, 2.24) is 0 Å². The highest BCUT2D eigenvalue weighted by atomic mass is 16.7. The summed E-state index contributed by atoms with van der Waals surface area (Å²) in [5.41, 5.74) is 0. The molecular formula is C23H44NO7+. The van der Waals surface area contributed by atoms with Crippen LogP contribution in [-0.4, -0.2) is 86.5 Å². The fourth-order valence-electron chi connectivity index (χ4n) is 2.60. The maximum atomic E-state index is 11.8. The van der Waals surface area contributed by atoms with Gasteiger partial charge in [0, 0.05) is 6.42 Å². The number of carbonyl (C=O) groups is 2. The third kappa shape index (κ3) is 20.2. The smallest absolute Gasteiger partial charge is 0.361 e. The van der Waals surface area contributed by atoms with Gasteiger partial charge >= 0.3 is 11.9 Å². The number of unbranched alkanes of at least 4 members (excludes halogenated alkanes) is 6. The van der Waals surface area contributed by atoms with Crippen LogP contribution >= 0.6 is 0 Å². The van der Waals surface area contributed by atoms with Gasteiger partial charge < -0.3 is 28.9 Å². The van der Waals surface area contributed by atoms with E-state index in [4.69, 9.17) is 19.3 Å². The molecule has 0 aliphatic rings. The molecule has 2 unspecified atom stereocenters. The zero-order valence-electron chi connectivity index (χ0n) is 19.9. The van der Waals surface area contributed by atoms with E-state index in [1.165, 1.54) is 12.8 Å². The van der Waals surface area contributed by atoms with Crippen molar-refractivity contribution in [2.24, 2.45) is 0 Å². The minimum absolute atomic E-state index is 0.209. The third-order valence-electron chi connectivity index (χ3n) is 4.48. The molecule has 8 heteroatoms. The number of carboxylic acid groups (broad SMARTS) is 1. The van der Waals surface area contributed by atoms with Crippen LogP contribution in [-0.2, 0) is 23.8 Å². The number of likely N-dealkylation sites (N-methyl/N-ethyl adjacent to an activating group) is 1. The van der Waals surface area contributed by atoms with Gasteiger partial charge in [0.15, 0.2) is 0 Å². The lowest BCUT2D eigenvalue weighted by Crippen LogP contribution is -2.40. The number of allylic oxidation sites excluding steroid dienone is 2. The van der Waals surface area contributed by atoms with Gasteiger partial charge in [-0.2, -0.15) is 0 Å². The van der Waals surface area contributed by atoms with E-state index in [1.807, 2.05) is 21.1 Å². The van der Waals surface area contributed by atoms with Crippen LogP contribution in [0.25, 0.3) is 0 Å². The summed E-state index contributed by atoms with van der Waals surface area (Å²) in [5.74, 6) is -1.63. The minimum atomic E-state index is -1.46. The summed E-state index contributed by atoms with van der Waals surface area (Å²) in [6.07, 6.45) is 10.8. The minimum Gasteiger partial charge on any atom is -0.477 e. The van der Waals surface area contributed by atoms with Gasteiger partial charge in [0.1, 0.15) is 19.3 Å². The molecule has 0 saturated heterocycles. The van der Waals surface area contributed by atoms with Crippen molar-refractivity contribution in [3.8, 4) is 0 Å². The number of quaternary nitrogens is 1. The van der Waals surface area contributed by atoms with Crippen molar-refractivity contribution in [3.05, 3.63) is 12.2 Å². The number of rotatable bonds is 20. The molecule has 0 aliphatic carbocycles. The molecule has 0 aliphatic heterocycles. The van der Waals surface area contributed by atoms with Crippen LogP contribution in [0.15, 0.2) is 12.2 Å². The molecule has 2 N–H and O–H groups in total. The second-order valence-electron chi connectivity index (χ2n) is 8.79. The molecule has 0 amide bonds. The molecule has 0 rings (SSSR count). The Morgan fingerprint density at radius 3 is 2.23 bits per heavy atom. The summed E-state index contributed by atoms with van der Waals surface area (Å²) in [7, 11) is 5.89. The van der Waals surface area contributed by atoms with Crippen LogP contribution in [0.1, 0.15) is 64.7 Å². The summed E-state index contributed by atoms with van der Waals surface area (Å²) < 4.78 is 16.0. The van der Waals surface area contributed by atoms with Crippen LogP contribution in [0.4, 0.5) is 0 Å². The molecular weight excluding hydrogens is 402 g/mol. The molecule has 0 bridgehead atoms. The van der Waals surface area contributed by atoms with Gasteiger partial charge in [0.25, 0.3) is 6.29 Å². The van der Waals surface area contributed by atoms with Crippen molar-refractivity contribution in [2.45, 2.75) is 77.1 Å². The lowest BCUT2D eigenvalue weighted by Gasteiger charge is -2.24. The predicted octanol–water partition coefficient (Wildman–Crippen LogP) is 3.13. The first kappa shape index (κ1) is 29.5. The first-order chi connectivity index (χ1) is 14.7. The quantitative estimate of drug-likeness (QED) is 0.0974. The van der Waals surface area contributed by atoms with E-state index in [2.05, 4.69) is 19.1 Å². The molecule has 0 heterocycles. The summed E-state index contributed by atoms with van der Waals surface area (Å²) >= 11 is 0. The monoisotopic (exact) mass is 446 g/mol. The number of carboxylic acids is 1. The number of aliphatic hydroxyl groups excluding tert-OH is 1. The second-order valence-corrected chi connectivity index (χ2v) is 8.79. The van der Waals surface area contributed by atoms with Crippen LogP contribution in [0, 0.1) is 0 Å². The van der Waals surface area contributed by atoms with Crippen molar-refractivity contribution in [3.63, 3.8) is 0 Å². The number of aliphatic hydroxyl groups is 1. The third-order valence-corrected chi connectivity index (χ3v) is 4.48. The van der Waals surface area contributed by atoms with E-state index in [0.717, 1.165) is 38.5 Å². The Morgan fingerprint density at radius 2 is 1.58 bits per heavy atom. The maximum absolute atomic E-state index is 11.8. The Hall–Kier alpha value is -1.48. The molecule has 0 aromatic heterocycles. The standard InChI is InChI=1S/C23H43NO7/c1-5-6-7-8-9-10-11-12-13-14-15-21(26)30-18-20(25)19-31-23(22(27)28)29-17-16-24(2,3)4/h7-8,20,23,25H,5-6,9-19H2,1-4H3/p+1/b8-7-. The van der Waals surface area contributed by atoms with Gasteiger partial charge in [-0.1, -0.05) is 44.8 Å². The summed E-state index contributed by atoms with van der Waals surface area (Å²) in [5, 5.41) is 19.0. The Bertz CT molecular complexity index is 503. The number of carbonyl (C=O) groups excluding carboxylic acids is 1. The molecule has 0 saturated carbocycles. The first-order valence-corrected chi connectivity index (χ1v) is 11.4. The van der Waals surface area contributed by atoms with Crippen molar-refractivity contribution >= 4 is 11.9 Å². The Balaban J connectivity index is 3.79. The Kier molecular flexibility index (Phi) is 17.3. The van der Waals surface area contributed by atoms with E-state index >= 15 is 0 Å². The van der Waals surface area contributed by atoms with Crippen LogP contribution in [0.2, 0.25) is 0 Å². The summed E-state index contributed by atoms with van der Waals surface area (Å²) in [6, 6.07) is 0. The van der Waals surface area contributed by atoms with E-state index < -0.39 is 18.4 Å². The van der Waals surface area contributed by atoms with E-state index in [9.17, 15) is 14.7 Å². The normalized spacial score (nSPS) is 14.0. The zero-order valence-corrected chi connectivity index (χ0v) is 19.9. The average molecular weight is 447 g/mol. The number of ether oxygens (including phenoxy) is 3. The van der Waals surface area contributed by atoms with Crippen molar-refractivity contribution < 1.29 is 38.5 Å². The summed E-state index contributed by atoms with van der Waals surface area (Å²) in [6.45, 7) is 2.48. The highest BCUT2D eigenvalue weighted by Gasteiger charge is 2.22. The molecule has 0 fully saturated rings. The zero-order chi connectivity index (χ0) is 23.5. The van der Waals surface area contributed by atoms with Gasteiger partial charge in [-0.25, -0.2) is 4.79 Å². The van der Waals surface area contributed by atoms with Crippen LogP contribution in [0.5, 0.6) is 0 Å². The van der Waals surface area contributed by atoms with E-state index in [1.54, 1.807) is 0 Å². The fraction of sp³-hybridized carbons (Fsp3) is 0.826. The molecule has 0 aromatic rings. The SMILES string of the molecule is CCC/C=C\CCCCCCCC(=O)OCC(O)COC(OCC[N+](C)(C)C)C(=O)O. The van der Waals surface area contributed by atoms with Crippen molar-refractivity contribution in [1.29, 1.82) is 0 Å². The topological polar surface area (TPSA) is 102 Å². The van der Waals surface area contributed by atoms with E-state index in [-0.39, 0.29) is 25.8 Å². The van der Waals surface area contributed by atoms with E-state index in [0.29, 0.717) is 17.4 Å². The Morgan fingerprint density at radius 1 is 0.935 bits per heavy atom. The van der Waals surface area contributed by atoms with Crippen LogP contribution in [0.3, 0.4) is 0 Å². The molecule has 0 aromatic carbocycles. The predicted molar refractivity (Wildman–Crippen MR) is 120 cm³/mol. The lowest BCUT2D eigenvalue weighted by molar-refractivity contribution is -0.870. The second kappa shape index (κ2) is 18.1. The number of esters is 1. The number of aliphatic carboxylic acids is 1. The number of hydrogen-bond donors (Lipinski definition) is 2.